The molecule has 2 amide bonds. The predicted octanol–water partition coefficient (Wildman–Crippen LogP) is 5.34. The van der Waals surface area contributed by atoms with Crippen LogP contribution in [-0.4, -0.2) is 21.7 Å². The third-order valence-electron chi connectivity index (χ3n) is 5.05. The molecule has 5 nitrogen and oxygen atoms in total. The normalized spacial score (nSPS) is 13.8. The van der Waals surface area contributed by atoms with Gasteiger partial charge in [-0.15, -0.1) is 0 Å². The van der Waals surface area contributed by atoms with E-state index in [1.165, 1.54) is 10.5 Å². The number of nitrogens with one attached hydrogen (secondary N) is 1. The van der Waals surface area contributed by atoms with Crippen LogP contribution < -0.4 is 5.32 Å². The molecule has 1 aromatic heterocycles. The first-order chi connectivity index (χ1) is 15.0. The first-order valence-corrected chi connectivity index (χ1v) is 10.5. The third kappa shape index (κ3) is 4.33. The lowest BCUT2D eigenvalue weighted by atomic mass is 10.0. The van der Waals surface area contributed by atoms with Gasteiger partial charge in [-0.1, -0.05) is 54.4 Å². The zero-order valence-corrected chi connectivity index (χ0v) is 18.2. The highest BCUT2D eigenvalue weighted by Gasteiger charge is 2.40. The lowest BCUT2D eigenvalue weighted by Gasteiger charge is -2.15. The van der Waals surface area contributed by atoms with E-state index in [0.29, 0.717) is 27.0 Å². The van der Waals surface area contributed by atoms with Gasteiger partial charge in [0.05, 0.1) is 22.8 Å². The molecule has 2 aromatic carbocycles. The van der Waals surface area contributed by atoms with E-state index in [9.17, 15) is 9.59 Å². The summed E-state index contributed by atoms with van der Waals surface area (Å²) >= 11 is 12.4. The Morgan fingerprint density at radius 3 is 2.39 bits per heavy atom. The van der Waals surface area contributed by atoms with Crippen LogP contribution in [-0.2, 0) is 22.6 Å². The molecule has 3 aromatic rings. The number of hydrogen-bond donors (Lipinski definition) is 1. The Morgan fingerprint density at radius 1 is 0.968 bits per heavy atom. The summed E-state index contributed by atoms with van der Waals surface area (Å²) in [5, 5.41) is 3.87. The quantitative estimate of drug-likeness (QED) is 0.513. The fourth-order valence-corrected chi connectivity index (χ4v) is 3.90. The minimum absolute atomic E-state index is 0.0627. The van der Waals surface area contributed by atoms with Crippen LogP contribution >= 0.6 is 23.2 Å². The summed E-state index contributed by atoms with van der Waals surface area (Å²) < 4.78 is 0. The lowest BCUT2D eigenvalue weighted by molar-refractivity contribution is -0.137. The molecule has 0 atom stereocenters. The van der Waals surface area contributed by atoms with Gasteiger partial charge in [0.1, 0.15) is 5.70 Å². The molecule has 0 bridgehead atoms. The minimum atomic E-state index is -0.437. The monoisotopic (exact) mass is 451 g/mol. The number of amides is 2. The average Bonchev–Trinajstić information content (AvgIpc) is 2.99. The number of rotatable bonds is 6. The molecule has 7 heteroatoms. The van der Waals surface area contributed by atoms with Gasteiger partial charge in [-0.3, -0.25) is 19.5 Å². The largest absolute Gasteiger partial charge is 0.350 e. The molecule has 1 aliphatic heterocycles. The number of carbonyl (C=O) groups excluding carboxylic acids is 2. The summed E-state index contributed by atoms with van der Waals surface area (Å²) in [6.45, 7) is 2.13. The summed E-state index contributed by atoms with van der Waals surface area (Å²) in [6.07, 6.45) is 2.53. The Bertz CT molecular complexity index is 1180. The molecular formula is C24H19Cl2N3O2. The molecule has 2 heterocycles. The third-order valence-corrected chi connectivity index (χ3v) is 5.59. The number of aryl methyl sites for hydroxylation is 1. The molecule has 1 aliphatic rings. The van der Waals surface area contributed by atoms with Crippen LogP contribution in [0.5, 0.6) is 0 Å². The fraction of sp³-hybridized carbons (Fsp3) is 0.125. The number of benzene rings is 2. The Balaban J connectivity index is 1.76. The van der Waals surface area contributed by atoms with Gasteiger partial charge in [-0.05, 0) is 48.4 Å². The maximum atomic E-state index is 13.3. The summed E-state index contributed by atoms with van der Waals surface area (Å²) in [4.78, 5) is 32.1. The first-order valence-electron chi connectivity index (χ1n) is 9.79. The second-order valence-corrected chi connectivity index (χ2v) is 7.91. The first kappa shape index (κ1) is 21.1. The van der Waals surface area contributed by atoms with Crippen molar-refractivity contribution in [1.29, 1.82) is 0 Å². The minimum Gasteiger partial charge on any atom is -0.350 e. The number of aromatic nitrogens is 1. The van der Waals surface area contributed by atoms with E-state index in [1.807, 2.05) is 30.3 Å². The number of anilines is 1. The van der Waals surface area contributed by atoms with Crippen molar-refractivity contribution >= 4 is 46.3 Å². The van der Waals surface area contributed by atoms with Crippen molar-refractivity contribution in [2.45, 2.75) is 19.9 Å². The lowest BCUT2D eigenvalue weighted by Crippen LogP contribution is -2.32. The highest BCUT2D eigenvalue weighted by Crippen LogP contribution is 2.35. The van der Waals surface area contributed by atoms with Gasteiger partial charge < -0.3 is 5.32 Å². The number of imide groups is 1. The Labute approximate surface area is 190 Å². The molecule has 0 saturated heterocycles. The molecule has 156 valence electrons. The van der Waals surface area contributed by atoms with E-state index in [1.54, 1.807) is 36.5 Å². The van der Waals surface area contributed by atoms with Gasteiger partial charge in [-0.25, -0.2) is 0 Å². The van der Waals surface area contributed by atoms with Gasteiger partial charge in [0.2, 0.25) is 0 Å². The summed E-state index contributed by atoms with van der Waals surface area (Å²) in [6, 6.07) is 17.9. The van der Waals surface area contributed by atoms with E-state index in [-0.39, 0.29) is 17.8 Å². The van der Waals surface area contributed by atoms with Crippen LogP contribution in [0.3, 0.4) is 0 Å². The molecule has 4 rings (SSSR count). The van der Waals surface area contributed by atoms with Gasteiger partial charge in [0.15, 0.2) is 0 Å². The number of carbonyl (C=O) groups is 2. The molecule has 0 spiro atoms. The maximum Gasteiger partial charge on any atom is 0.278 e. The topological polar surface area (TPSA) is 62.3 Å². The fourth-order valence-electron chi connectivity index (χ4n) is 3.40. The zero-order valence-electron chi connectivity index (χ0n) is 16.7. The van der Waals surface area contributed by atoms with E-state index >= 15 is 0 Å². The Hall–Kier alpha value is -3.15. The second kappa shape index (κ2) is 8.92. The molecule has 31 heavy (non-hydrogen) atoms. The standard InChI is InChI=1S/C24H19Cl2N3O2/c1-2-15-6-9-17(10-7-15)28-22-21(19-11-8-16(25)13-20(19)26)23(30)29(24(22)31)14-18-5-3-4-12-27-18/h3-13,28H,2,14H2,1H3. The molecule has 0 saturated carbocycles. The van der Waals surface area contributed by atoms with Gasteiger partial charge in [-0.2, -0.15) is 0 Å². The Morgan fingerprint density at radius 2 is 1.74 bits per heavy atom. The highest BCUT2D eigenvalue weighted by molar-refractivity contribution is 6.41. The van der Waals surface area contributed by atoms with Crippen LogP contribution in [0.2, 0.25) is 10.0 Å². The van der Waals surface area contributed by atoms with Crippen molar-refractivity contribution in [2.75, 3.05) is 5.32 Å². The predicted molar refractivity (Wildman–Crippen MR) is 123 cm³/mol. The van der Waals surface area contributed by atoms with Crippen LogP contribution in [0.25, 0.3) is 5.57 Å². The maximum absolute atomic E-state index is 13.3. The zero-order chi connectivity index (χ0) is 22.0. The van der Waals surface area contributed by atoms with Crippen molar-refractivity contribution in [3.8, 4) is 0 Å². The van der Waals surface area contributed by atoms with E-state index in [4.69, 9.17) is 23.2 Å². The van der Waals surface area contributed by atoms with Gasteiger partial charge >= 0.3 is 0 Å². The molecular weight excluding hydrogens is 433 g/mol. The van der Waals surface area contributed by atoms with E-state index in [2.05, 4.69) is 17.2 Å². The van der Waals surface area contributed by atoms with E-state index in [0.717, 1.165) is 6.42 Å². The number of halogens is 2. The van der Waals surface area contributed by atoms with Crippen LogP contribution in [0.1, 0.15) is 23.7 Å². The highest BCUT2D eigenvalue weighted by atomic mass is 35.5. The molecule has 0 unspecified atom stereocenters. The smallest absolute Gasteiger partial charge is 0.278 e. The average molecular weight is 452 g/mol. The molecule has 0 radical (unpaired) electrons. The van der Waals surface area contributed by atoms with Gasteiger partial charge in [0.25, 0.3) is 11.8 Å². The SMILES string of the molecule is CCc1ccc(NC2=C(c3ccc(Cl)cc3Cl)C(=O)N(Cc3ccccn3)C2=O)cc1. The molecule has 0 fully saturated rings. The van der Waals surface area contributed by atoms with Crippen LogP contribution in [0.4, 0.5) is 5.69 Å². The van der Waals surface area contributed by atoms with Crippen molar-refractivity contribution in [2.24, 2.45) is 0 Å². The second-order valence-electron chi connectivity index (χ2n) is 7.07. The molecule has 1 N–H and O–H groups in total. The van der Waals surface area contributed by atoms with Crippen LogP contribution in [0, 0.1) is 0 Å². The Kier molecular flexibility index (Phi) is 6.07. The van der Waals surface area contributed by atoms with Crippen molar-refractivity contribution < 1.29 is 9.59 Å². The number of nitrogens with zero attached hydrogens (tertiary/aromatic N) is 2. The summed E-state index contributed by atoms with van der Waals surface area (Å²) in [7, 11) is 0. The number of pyridine rings is 1. The van der Waals surface area contributed by atoms with Crippen molar-refractivity contribution in [3.05, 3.63) is 99.4 Å². The summed E-state index contributed by atoms with van der Waals surface area (Å²) in [5.41, 5.74) is 3.32. The summed E-state index contributed by atoms with van der Waals surface area (Å²) in [5.74, 6) is -0.871. The van der Waals surface area contributed by atoms with Crippen molar-refractivity contribution in [3.63, 3.8) is 0 Å². The number of hydrogen-bond acceptors (Lipinski definition) is 4. The van der Waals surface area contributed by atoms with Gasteiger partial charge in [0, 0.05) is 22.5 Å². The van der Waals surface area contributed by atoms with Crippen LogP contribution in [0.15, 0.2) is 72.6 Å². The molecule has 0 aliphatic carbocycles. The van der Waals surface area contributed by atoms with Crippen molar-refractivity contribution in [1.82, 2.24) is 9.88 Å². The van der Waals surface area contributed by atoms with E-state index < -0.39 is 11.8 Å².